The molecule has 0 aliphatic carbocycles. The topological polar surface area (TPSA) is 45.1 Å². The lowest BCUT2D eigenvalue weighted by Gasteiger charge is -2.08. The molecule has 2 aromatic heterocycles. The zero-order valence-corrected chi connectivity index (χ0v) is 8.71. The van der Waals surface area contributed by atoms with Crippen LogP contribution >= 0.6 is 11.3 Å². The number of pyridine rings is 1. The summed E-state index contributed by atoms with van der Waals surface area (Å²) in [7, 11) is 0. The number of aliphatic hydroxyl groups is 1. The number of hydrogen-bond acceptors (Lipinski definition) is 4. The molecule has 3 nitrogen and oxygen atoms in total. The predicted octanol–water partition coefficient (Wildman–Crippen LogP) is 2.09. The summed E-state index contributed by atoms with van der Waals surface area (Å²) in [6.45, 7) is 2.33. The van der Waals surface area contributed by atoms with Crippen LogP contribution in [0.5, 0.6) is 0 Å². The van der Waals surface area contributed by atoms with E-state index in [4.69, 9.17) is 5.11 Å². The molecule has 4 heteroatoms. The number of anilines is 1. The summed E-state index contributed by atoms with van der Waals surface area (Å²) in [5.74, 6) is 0. The van der Waals surface area contributed by atoms with E-state index in [9.17, 15) is 0 Å². The Bertz CT molecular complexity index is 425. The van der Waals surface area contributed by atoms with Gasteiger partial charge in [0.2, 0.25) is 0 Å². The van der Waals surface area contributed by atoms with Crippen LogP contribution in [0.3, 0.4) is 0 Å². The summed E-state index contributed by atoms with van der Waals surface area (Å²) in [5, 5.41) is 14.4. The Labute approximate surface area is 86.4 Å². The molecule has 2 aromatic rings. The highest BCUT2D eigenvalue weighted by Gasteiger charge is 2.03. The molecule has 0 aromatic carbocycles. The highest BCUT2D eigenvalue weighted by molar-refractivity contribution is 7.17. The molecular formula is C10H12N2OS. The lowest BCUT2D eigenvalue weighted by Crippen LogP contribution is -2.15. The van der Waals surface area contributed by atoms with Crippen molar-refractivity contribution in [3.05, 3.63) is 23.7 Å². The van der Waals surface area contributed by atoms with E-state index >= 15 is 0 Å². The van der Waals surface area contributed by atoms with Crippen molar-refractivity contribution in [1.82, 2.24) is 4.98 Å². The molecule has 0 aliphatic heterocycles. The second-order valence-electron chi connectivity index (χ2n) is 3.22. The summed E-state index contributed by atoms with van der Waals surface area (Å²) in [4.78, 5) is 4.24. The summed E-state index contributed by atoms with van der Waals surface area (Å²) in [5.41, 5.74) is 2.05. The van der Waals surface area contributed by atoms with E-state index in [1.165, 1.54) is 0 Å². The summed E-state index contributed by atoms with van der Waals surface area (Å²) in [6, 6.07) is 3.93. The van der Waals surface area contributed by atoms with Gasteiger partial charge in [-0.2, -0.15) is 0 Å². The van der Waals surface area contributed by atoms with E-state index in [0.717, 1.165) is 15.9 Å². The van der Waals surface area contributed by atoms with Crippen LogP contribution in [0.1, 0.15) is 6.92 Å². The Kier molecular flexibility index (Phi) is 2.65. The Morgan fingerprint density at radius 1 is 1.57 bits per heavy atom. The largest absolute Gasteiger partial charge is 0.392 e. The fraction of sp³-hybridized carbons (Fsp3) is 0.300. The molecule has 0 aliphatic rings. The van der Waals surface area contributed by atoms with E-state index in [-0.39, 0.29) is 6.10 Å². The zero-order valence-electron chi connectivity index (χ0n) is 7.90. The van der Waals surface area contributed by atoms with E-state index in [0.29, 0.717) is 6.54 Å². The van der Waals surface area contributed by atoms with Crippen molar-refractivity contribution in [2.24, 2.45) is 0 Å². The van der Waals surface area contributed by atoms with Gasteiger partial charge in [-0.1, -0.05) is 0 Å². The van der Waals surface area contributed by atoms with E-state index in [1.807, 2.05) is 17.5 Å². The summed E-state index contributed by atoms with van der Waals surface area (Å²) >= 11 is 1.66. The van der Waals surface area contributed by atoms with Crippen LogP contribution in [-0.2, 0) is 0 Å². The fourth-order valence-corrected chi connectivity index (χ4v) is 2.11. The van der Waals surface area contributed by atoms with Gasteiger partial charge in [0, 0.05) is 12.7 Å². The molecule has 0 amide bonds. The number of nitrogens with one attached hydrogen (secondary N) is 1. The maximum atomic E-state index is 9.16. The third-order valence-corrected chi connectivity index (χ3v) is 2.87. The quantitative estimate of drug-likeness (QED) is 0.811. The van der Waals surface area contributed by atoms with Crippen LogP contribution in [0.15, 0.2) is 23.7 Å². The number of aliphatic hydroxyl groups excluding tert-OH is 1. The normalized spacial score (nSPS) is 13.0. The minimum absolute atomic E-state index is 0.335. The average molecular weight is 208 g/mol. The van der Waals surface area contributed by atoms with Gasteiger partial charge in [-0.05, 0) is 24.4 Å². The number of rotatable bonds is 3. The average Bonchev–Trinajstić information content (AvgIpc) is 2.62. The molecule has 0 spiro atoms. The Hall–Kier alpha value is -1.13. The van der Waals surface area contributed by atoms with Crippen LogP contribution in [0, 0.1) is 0 Å². The van der Waals surface area contributed by atoms with Gasteiger partial charge in [0.05, 0.1) is 22.0 Å². The van der Waals surface area contributed by atoms with Crippen molar-refractivity contribution in [2.45, 2.75) is 13.0 Å². The van der Waals surface area contributed by atoms with Crippen molar-refractivity contribution < 1.29 is 5.11 Å². The molecular weight excluding hydrogens is 196 g/mol. The van der Waals surface area contributed by atoms with Gasteiger partial charge in [0.1, 0.15) is 0 Å². The first-order valence-corrected chi connectivity index (χ1v) is 5.39. The van der Waals surface area contributed by atoms with Crippen LogP contribution in [0.2, 0.25) is 0 Å². The molecule has 14 heavy (non-hydrogen) atoms. The molecule has 2 heterocycles. The molecule has 2 rings (SSSR count). The molecule has 0 bridgehead atoms. The van der Waals surface area contributed by atoms with E-state index in [2.05, 4.69) is 10.3 Å². The predicted molar refractivity (Wildman–Crippen MR) is 59.8 cm³/mol. The molecule has 2 N–H and O–H groups in total. The summed E-state index contributed by atoms with van der Waals surface area (Å²) in [6.07, 6.45) is 1.44. The second-order valence-corrected chi connectivity index (χ2v) is 4.14. The van der Waals surface area contributed by atoms with Crippen LogP contribution in [-0.4, -0.2) is 22.7 Å². The summed E-state index contributed by atoms with van der Waals surface area (Å²) < 4.78 is 1.15. The van der Waals surface area contributed by atoms with E-state index in [1.54, 1.807) is 24.5 Å². The van der Waals surface area contributed by atoms with Gasteiger partial charge < -0.3 is 10.4 Å². The third-order valence-electron chi connectivity index (χ3n) is 1.93. The molecule has 0 unspecified atom stereocenters. The van der Waals surface area contributed by atoms with Crippen LogP contribution in [0.4, 0.5) is 5.69 Å². The smallest absolute Gasteiger partial charge is 0.0830 e. The van der Waals surface area contributed by atoms with Crippen LogP contribution in [0.25, 0.3) is 10.2 Å². The number of fused-ring (bicyclic) bond motifs is 1. The molecule has 0 saturated carbocycles. The third kappa shape index (κ3) is 1.86. The lowest BCUT2D eigenvalue weighted by molar-refractivity contribution is 0.208. The monoisotopic (exact) mass is 208 g/mol. The van der Waals surface area contributed by atoms with Gasteiger partial charge in [0.15, 0.2) is 0 Å². The minimum atomic E-state index is -0.335. The van der Waals surface area contributed by atoms with Crippen molar-refractivity contribution in [1.29, 1.82) is 0 Å². The van der Waals surface area contributed by atoms with Crippen LogP contribution < -0.4 is 5.32 Å². The van der Waals surface area contributed by atoms with E-state index < -0.39 is 0 Å². The van der Waals surface area contributed by atoms with Crippen molar-refractivity contribution >= 4 is 27.2 Å². The standard InChI is InChI=1S/C10H12N2OS/c1-7(13)6-12-8-2-4-11-9-3-5-14-10(8)9/h2-5,7,13H,6H2,1H3,(H,11,12)/t7-/m0/s1. The molecule has 0 saturated heterocycles. The Morgan fingerprint density at radius 3 is 3.21 bits per heavy atom. The lowest BCUT2D eigenvalue weighted by atomic mass is 10.3. The number of aromatic nitrogens is 1. The Morgan fingerprint density at radius 2 is 2.43 bits per heavy atom. The Balaban J connectivity index is 2.27. The number of thiophene rings is 1. The first kappa shape index (κ1) is 9.43. The van der Waals surface area contributed by atoms with Gasteiger partial charge in [-0.15, -0.1) is 11.3 Å². The maximum Gasteiger partial charge on any atom is 0.0830 e. The molecule has 0 fully saturated rings. The first-order valence-electron chi connectivity index (χ1n) is 4.51. The highest BCUT2D eigenvalue weighted by Crippen LogP contribution is 2.26. The fourth-order valence-electron chi connectivity index (χ4n) is 1.27. The maximum absolute atomic E-state index is 9.16. The zero-order chi connectivity index (χ0) is 9.97. The molecule has 0 radical (unpaired) electrons. The number of hydrogen-bond donors (Lipinski definition) is 2. The van der Waals surface area contributed by atoms with Crippen molar-refractivity contribution in [3.63, 3.8) is 0 Å². The first-order chi connectivity index (χ1) is 6.77. The minimum Gasteiger partial charge on any atom is -0.392 e. The SMILES string of the molecule is C[C@H](O)CNc1ccnc2ccsc12. The van der Waals surface area contributed by atoms with Gasteiger partial charge >= 0.3 is 0 Å². The number of nitrogens with zero attached hydrogens (tertiary/aromatic N) is 1. The molecule has 74 valence electrons. The van der Waals surface area contributed by atoms with Gasteiger partial charge in [-0.3, -0.25) is 4.98 Å². The van der Waals surface area contributed by atoms with Crippen molar-refractivity contribution in [3.8, 4) is 0 Å². The van der Waals surface area contributed by atoms with Gasteiger partial charge in [-0.25, -0.2) is 0 Å². The molecule has 1 atom stereocenters. The second kappa shape index (κ2) is 3.94. The van der Waals surface area contributed by atoms with Gasteiger partial charge in [0.25, 0.3) is 0 Å². The van der Waals surface area contributed by atoms with Crippen molar-refractivity contribution in [2.75, 3.05) is 11.9 Å². The highest BCUT2D eigenvalue weighted by atomic mass is 32.1.